The standard InChI is InChI=1S/C18H16N2O4S/c1-22-14-7-3-12(4-8-14)16(21)11-25-18-20-19-17(24-18)13-5-9-15(23-2)10-6-13/h3-10H,11H2,1-2H3. The van der Waals surface area contributed by atoms with Gasteiger partial charge in [-0.1, -0.05) is 11.8 Å². The first-order valence-electron chi connectivity index (χ1n) is 7.47. The number of hydrogen-bond acceptors (Lipinski definition) is 7. The predicted octanol–water partition coefficient (Wildman–Crippen LogP) is 3.73. The van der Waals surface area contributed by atoms with Crippen LogP contribution >= 0.6 is 11.8 Å². The summed E-state index contributed by atoms with van der Waals surface area (Å²) in [6.07, 6.45) is 0. The second-order valence-corrected chi connectivity index (χ2v) is 5.97. The maximum absolute atomic E-state index is 12.2. The minimum Gasteiger partial charge on any atom is -0.497 e. The first-order valence-corrected chi connectivity index (χ1v) is 8.46. The van der Waals surface area contributed by atoms with E-state index in [1.165, 1.54) is 11.8 Å². The zero-order valence-corrected chi connectivity index (χ0v) is 14.6. The molecule has 0 saturated carbocycles. The van der Waals surface area contributed by atoms with E-state index in [4.69, 9.17) is 13.9 Å². The molecular weight excluding hydrogens is 340 g/mol. The molecule has 1 heterocycles. The number of ketones is 1. The average molecular weight is 356 g/mol. The number of hydrogen-bond donors (Lipinski definition) is 0. The Morgan fingerprint density at radius 2 is 1.56 bits per heavy atom. The van der Waals surface area contributed by atoms with Gasteiger partial charge in [-0.25, -0.2) is 0 Å². The van der Waals surface area contributed by atoms with E-state index in [1.807, 2.05) is 24.3 Å². The third kappa shape index (κ3) is 4.19. The van der Waals surface area contributed by atoms with Crippen molar-refractivity contribution in [2.45, 2.75) is 5.22 Å². The van der Waals surface area contributed by atoms with Gasteiger partial charge in [-0.05, 0) is 48.5 Å². The van der Waals surface area contributed by atoms with Crippen molar-refractivity contribution >= 4 is 17.5 Å². The molecule has 0 amide bonds. The van der Waals surface area contributed by atoms with Crippen molar-refractivity contribution in [2.24, 2.45) is 0 Å². The Morgan fingerprint density at radius 1 is 0.960 bits per heavy atom. The summed E-state index contributed by atoms with van der Waals surface area (Å²) in [5.74, 6) is 2.07. The molecular formula is C18H16N2O4S. The van der Waals surface area contributed by atoms with E-state index in [2.05, 4.69) is 10.2 Å². The van der Waals surface area contributed by atoms with Crippen LogP contribution in [-0.2, 0) is 0 Å². The summed E-state index contributed by atoms with van der Waals surface area (Å²) >= 11 is 1.21. The van der Waals surface area contributed by atoms with E-state index in [1.54, 1.807) is 38.5 Å². The number of carbonyl (C=O) groups is 1. The Bertz CT molecular complexity index is 844. The molecule has 3 rings (SSSR count). The van der Waals surface area contributed by atoms with Crippen molar-refractivity contribution in [2.75, 3.05) is 20.0 Å². The first-order chi connectivity index (χ1) is 12.2. The normalized spacial score (nSPS) is 10.5. The van der Waals surface area contributed by atoms with Gasteiger partial charge in [-0.3, -0.25) is 4.79 Å². The molecule has 0 fully saturated rings. The van der Waals surface area contributed by atoms with Crippen LogP contribution in [0.1, 0.15) is 10.4 Å². The summed E-state index contributed by atoms with van der Waals surface area (Å²) in [4.78, 5) is 12.2. The average Bonchev–Trinajstić information content (AvgIpc) is 3.15. The molecule has 0 aliphatic carbocycles. The molecule has 0 bridgehead atoms. The Balaban J connectivity index is 1.61. The van der Waals surface area contributed by atoms with Crippen molar-refractivity contribution in [1.82, 2.24) is 10.2 Å². The van der Waals surface area contributed by atoms with Crippen molar-refractivity contribution in [1.29, 1.82) is 0 Å². The Morgan fingerprint density at radius 3 is 2.16 bits per heavy atom. The topological polar surface area (TPSA) is 74.5 Å². The highest BCUT2D eigenvalue weighted by Gasteiger charge is 2.12. The largest absolute Gasteiger partial charge is 0.497 e. The van der Waals surface area contributed by atoms with Crippen molar-refractivity contribution < 1.29 is 18.7 Å². The second-order valence-electron chi connectivity index (χ2n) is 5.04. The molecule has 0 N–H and O–H groups in total. The summed E-state index contributed by atoms with van der Waals surface area (Å²) in [6, 6.07) is 14.3. The van der Waals surface area contributed by atoms with Gasteiger partial charge in [0.05, 0.1) is 20.0 Å². The van der Waals surface area contributed by atoms with E-state index in [0.29, 0.717) is 22.4 Å². The molecule has 0 aliphatic heterocycles. The molecule has 0 aliphatic rings. The van der Waals surface area contributed by atoms with Crippen molar-refractivity contribution in [3.63, 3.8) is 0 Å². The van der Waals surface area contributed by atoms with Crippen LogP contribution in [-0.4, -0.2) is 36.0 Å². The number of thioether (sulfide) groups is 1. The molecule has 3 aromatic rings. The quantitative estimate of drug-likeness (QED) is 0.472. The van der Waals surface area contributed by atoms with Crippen LogP contribution in [0.15, 0.2) is 58.2 Å². The minimum absolute atomic E-state index is 0.0168. The number of rotatable bonds is 7. The van der Waals surface area contributed by atoms with Crippen molar-refractivity contribution in [3.8, 4) is 23.0 Å². The van der Waals surface area contributed by atoms with Gasteiger partial charge in [0.1, 0.15) is 11.5 Å². The summed E-state index contributed by atoms with van der Waals surface area (Å²) in [5.41, 5.74) is 1.41. The Labute approximate surface area is 149 Å². The van der Waals surface area contributed by atoms with Crippen LogP contribution in [0.25, 0.3) is 11.5 Å². The number of ether oxygens (including phenoxy) is 2. The highest BCUT2D eigenvalue weighted by molar-refractivity contribution is 7.99. The SMILES string of the molecule is COc1ccc(C(=O)CSc2nnc(-c3ccc(OC)cc3)o2)cc1. The highest BCUT2D eigenvalue weighted by Crippen LogP contribution is 2.25. The first kappa shape index (κ1) is 17.0. The lowest BCUT2D eigenvalue weighted by Gasteiger charge is -2.01. The zero-order chi connectivity index (χ0) is 17.6. The molecule has 2 aromatic carbocycles. The summed E-state index contributed by atoms with van der Waals surface area (Å²) in [7, 11) is 3.19. The second kappa shape index (κ2) is 7.85. The van der Waals surface area contributed by atoms with Crippen LogP contribution < -0.4 is 9.47 Å². The highest BCUT2D eigenvalue weighted by atomic mass is 32.2. The smallest absolute Gasteiger partial charge is 0.277 e. The third-order valence-corrected chi connectivity index (χ3v) is 4.30. The maximum Gasteiger partial charge on any atom is 0.277 e. The molecule has 0 atom stereocenters. The molecule has 0 unspecified atom stereocenters. The van der Waals surface area contributed by atoms with Gasteiger partial charge < -0.3 is 13.9 Å². The number of nitrogens with zero attached hydrogens (tertiary/aromatic N) is 2. The zero-order valence-electron chi connectivity index (χ0n) is 13.8. The lowest BCUT2D eigenvalue weighted by Crippen LogP contribution is -2.02. The lowest BCUT2D eigenvalue weighted by atomic mass is 10.1. The number of methoxy groups -OCH3 is 2. The molecule has 0 radical (unpaired) electrons. The maximum atomic E-state index is 12.2. The van der Waals surface area contributed by atoms with Gasteiger partial charge in [-0.15, -0.1) is 10.2 Å². The molecule has 128 valence electrons. The van der Waals surface area contributed by atoms with Gasteiger partial charge in [0.2, 0.25) is 5.89 Å². The molecule has 0 spiro atoms. The Kier molecular flexibility index (Phi) is 5.35. The van der Waals surface area contributed by atoms with E-state index in [0.717, 1.165) is 11.3 Å². The van der Waals surface area contributed by atoms with E-state index >= 15 is 0 Å². The lowest BCUT2D eigenvalue weighted by molar-refractivity contribution is 0.102. The fourth-order valence-electron chi connectivity index (χ4n) is 2.11. The summed E-state index contributed by atoms with van der Waals surface area (Å²) in [6.45, 7) is 0. The fourth-order valence-corrected chi connectivity index (χ4v) is 2.76. The minimum atomic E-state index is -0.0168. The van der Waals surface area contributed by atoms with Crippen molar-refractivity contribution in [3.05, 3.63) is 54.1 Å². The van der Waals surface area contributed by atoms with Crippen LogP contribution in [0.4, 0.5) is 0 Å². The molecule has 7 heteroatoms. The Hall–Kier alpha value is -2.80. The summed E-state index contributed by atoms with van der Waals surface area (Å²) < 4.78 is 15.8. The van der Waals surface area contributed by atoms with Crippen LogP contribution in [0.3, 0.4) is 0 Å². The van der Waals surface area contributed by atoms with Gasteiger partial charge in [-0.2, -0.15) is 0 Å². The molecule has 0 saturated heterocycles. The number of aromatic nitrogens is 2. The number of carbonyl (C=O) groups excluding carboxylic acids is 1. The monoisotopic (exact) mass is 356 g/mol. The van der Waals surface area contributed by atoms with Gasteiger partial charge in [0.15, 0.2) is 5.78 Å². The fraction of sp³-hybridized carbons (Fsp3) is 0.167. The molecule has 1 aromatic heterocycles. The van der Waals surface area contributed by atoms with Crippen LogP contribution in [0.2, 0.25) is 0 Å². The number of benzene rings is 2. The predicted molar refractivity (Wildman–Crippen MR) is 94.3 cm³/mol. The van der Waals surface area contributed by atoms with Crippen LogP contribution in [0, 0.1) is 0 Å². The van der Waals surface area contributed by atoms with E-state index in [-0.39, 0.29) is 11.5 Å². The van der Waals surface area contributed by atoms with E-state index in [9.17, 15) is 4.79 Å². The number of Topliss-reactive ketones (excluding diaryl/α,β-unsaturated/α-hetero) is 1. The van der Waals surface area contributed by atoms with Crippen LogP contribution in [0.5, 0.6) is 11.5 Å². The summed E-state index contributed by atoms with van der Waals surface area (Å²) in [5, 5.41) is 8.33. The molecule has 25 heavy (non-hydrogen) atoms. The van der Waals surface area contributed by atoms with E-state index < -0.39 is 0 Å². The third-order valence-electron chi connectivity index (χ3n) is 3.48. The van der Waals surface area contributed by atoms with Gasteiger partial charge in [0.25, 0.3) is 5.22 Å². The molecule has 6 nitrogen and oxygen atoms in total. The van der Waals surface area contributed by atoms with Gasteiger partial charge >= 0.3 is 0 Å². The van der Waals surface area contributed by atoms with Gasteiger partial charge in [0, 0.05) is 11.1 Å².